The summed E-state index contributed by atoms with van der Waals surface area (Å²) in [5.74, 6) is 0.0632. The molecule has 0 bridgehead atoms. The molecular formula is C23H27ClN4O5S. The number of sulfonamides is 1. The van der Waals surface area contributed by atoms with Crippen LogP contribution in [0, 0.1) is 11.3 Å². The van der Waals surface area contributed by atoms with Crippen molar-refractivity contribution in [2.24, 2.45) is 0 Å². The molecular weight excluding hydrogens is 480 g/mol. The lowest BCUT2D eigenvalue weighted by molar-refractivity contribution is -0.118. The third-order valence-electron chi connectivity index (χ3n) is 5.65. The van der Waals surface area contributed by atoms with Crippen LogP contribution in [0.1, 0.15) is 18.4 Å². The molecule has 2 heterocycles. The Morgan fingerprint density at radius 3 is 2.38 bits per heavy atom. The monoisotopic (exact) mass is 506 g/mol. The molecule has 34 heavy (non-hydrogen) atoms. The van der Waals surface area contributed by atoms with Gasteiger partial charge in [-0.15, -0.1) is 12.4 Å². The number of hydrogen-bond donors (Lipinski definition) is 1. The van der Waals surface area contributed by atoms with E-state index >= 15 is 0 Å². The zero-order chi connectivity index (χ0) is 23.3. The summed E-state index contributed by atoms with van der Waals surface area (Å²) in [4.78, 5) is 14.9. The molecule has 2 aliphatic rings. The van der Waals surface area contributed by atoms with Gasteiger partial charge in [-0.25, -0.2) is 8.42 Å². The lowest BCUT2D eigenvalue weighted by Crippen LogP contribution is -2.40. The van der Waals surface area contributed by atoms with Gasteiger partial charge in [0.15, 0.2) is 6.61 Å². The van der Waals surface area contributed by atoms with E-state index in [-0.39, 0.29) is 23.9 Å². The topological polar surface area (TPSA) is 112 Å². The van der Waals surface area contributed by atoms with Crippen LogP contribution in [0.2, 0.25) is 0 Å². The normalized spacial score (nSPS) is 16.4. The lowest BCUT2D eigenvalue weighted by atomic mass is 10.2. The molecule has 0 saturated carbocycles. The zero-order valence-electron chi connectivity index (χ0n) is 18.6. The molecule has 2 fully saturated rings. The molecule has 0 atom stereocenters. The SMILES string of the molecule is Cl.N#Cc1ccc(OCC(=O)Nc2cc(S(=O)(=O)N3CCOCC3)ccc2N2CCCC2)cc1. The smallest absolute Gasteiger partial charge is 0.262 e. The Labute approximate surface area is 205 Å². The molecule has 9 nitrogen and oxygen atoms in total. The van der Waals surface area contributed by atoms with Crippen molar-refractivity contribution in [1.82, 2.24) is 4.31 Å². The average Bonchev–Trinajstić information content (AvgIpc) is 3.38. The number of amides is 1. The third-order valence-corrected chi connectivity index (χ3v) is 7.54. The highest BCUT2D eigenvalue weighted by Gasteiger charge is 2.28. The van der Waals surface area contributed by atoms with Crippen LogP contribution < -0.4 is 15.0 Å². The number of carbonyl (C=O) groups excluding carboxylic acids is 1. The van der Waals surface area contributed by atoms with Crippen molar-refractivity contribution in [3.63, 3.8) is 0 Å². The molecule has 4 rings (SSSR count). The first-order valence-electron chi connectivity index (χ1n) is 10.9. The fourth-order valence-electron chi connectivity index (χ4n) is 3.91. The largest absolute Gasteiger partial charge is 0.484 e. The second-order valence-corrected chi connectivity index (χ2v) is 9.80. The molecule has 0 aliphatic carbocycles. The Morgan fingerprint density at radius 2 is 1.74 bits per heavy atom. The van der Waals surface area contributed by atoms with Crippen molar-refractivity contribution in [2.45, 2.75) is 17.7 Å². The van der Waals surface area contributed by atoms with Crippen LogP contribution in [0.4, 0.5) is 11.4 Å². The number of morpholine rings is 1. The summed E-state index contributed by atoms with van der Waals surface area (Å²) in [5.41, 5.74) is 1.74. The number of anilines is 2. The number of rotatable bonds is 7. The third kappa shape index (κ3) is 5.98. The molecule has 2 aliphatic heterocycles. The van der Waals surface area contributed by atoms with E-state index in [0.717, 1.165) is 31.6 Å². The summed E-state index contributed by atoms with van der Waals surface area (Å²) in [6.07, 6.45) is 2.09. The number of ether oxygens (including phenoxy) is 2. The molecule has 0 spiro atoms. The molecule has 2 saturated heterocycles. The van der Waals surface area contributed by atoms with Crippen molar-refractivity contribution in [3.05, 3.63) is 48.0 Å². The van der Waals surface area contributed by atoms with E-state index in [4.69, 9.17) is 14.7 Å². The summed E-state index contributed by atoms with van der Waals surface area (Å²) in [5, 5.41) is 11.7. The van der Waals surface area contributed by atoms with Crippen LogP contribution in [0.3, 0.4) is 0 Å². The summed E-state index contributed by atoms with van der Waals surface area (Å²) in [6, 6.07) is 13.4. The zero-order valence-corrected chi connectivity index (χ0v) is 20.2. The number of halogens is 1. The van der Waals surface area contributed by atoms with E-state index in [1.165, 1.54) is 10.4 Å². The molecule has 1 N–H and O–H groups in total. The highest BCUT2D eigenvalue weighted by molar-refractivity contribution is 7.89. The lowest BCUT2D eigenvalue weighted by Gasteiger charge is -2.27. The first-order chi connectivity index (χ1) is 16.0. The van der Waals surface area contributed by atoms with Gasteiger partial charge in [0.1, 0.15) is 5.75 Å². The van der Waals surface area contributed by atoms with Crippen molar-refractivity contribution in [3.8, 4) is 11.8 Å². The van der Waals surface area contributed by atoms with Crippen LogP contribution >= 0.6 is 12.4 Å². The Morgan fingerprint density at radius 1 is 1.06 bits per heavy atom. The molecule has 2 aromatic rings. The first-order valence-corrected chi connectivity index (χ1v) is 12.3. The Balaban J connectivity index is 0.00000324. The Bertz CT molecular complexity index is 1140. The van der Waals surface area contributed by atoms with Gasteiger partial charge in [0, 0.05) is 26.2 Å². The van der Waals surface area contributed by atoms with Gasteiger partial charge in [-0.3, -0.25) is 4.79 Å². The second kappa shape index (κ2) is 11.5. The summed E-state index contributed by atoms with van der Waals surface area (Å²) in [6.45, 7) is 2.78. The highest BCUT2D eigenvalue weighted by Crippen LogP contribution is 2.32. The minimum Gasteiger partial charge on any atom is -0.484 e. The molecule has 0 aromatic heterocycles. The summed E-state index contributed by atoms with van der Waals surface area (Å²) >= 11 is 0. The maximum Gasteiger partial charge on any atom is 0.262 e. The molecule has 0 unspecified atom stereocenters. The van der Waals surface area contributed by atoms with E-state index < -0.39 is 15.9 Å². The maximum atomic E-state index is 13.1. The van der Waals surface area contributed by atoms with E-state index in [2.05, 4.69) is 10.2 Å². The number of nitriles is 1. The van der Waals surface area contributed by atoms with Gasteiger partial charge in [0.05, 0.1) is 41.1 Å². The fraction of sp³-hybridized carbons (Fsp3) is 0.391. The van der Waals surface area contributed by atoms with E-state index in [0.29, 0.717) is 43.3 Å². The molecule has 11 heteroatoms. The first kappa shape index (κ1) is 25.8. The van der Waals surface area contributed by atoms with Crippen LogP contribution in [-0.2, 0) is 19.6 Å². The Hall–Kier alpha value is -2.84. The molecule has 2 aromatic carbocycles. The van der Waals surface area contributed by atoms with Gasteiger partial charge >= 0.3 is 0 Å². The molecule has 182 valence electrons. The quantitative estimate of drug-likeness (QED) is 0.614. The van der Waals surface area contributed by atoms with Crippen LogP contribution in [0.5, 0.6) is 5.75 Å². The maximum absolute atomic E-state index is 13.1. The van der Waals surface area contributed by atoms with Gasteiger partial charge in [-0.1, -0.05) is 0 Å². The van der Waals surface area contributed by atoms with Crippen molar-refractivity contribution >= 4 is 39.7 Å². The van der Waals surface area contributed by atoms with Crippen molar-refractivity contribution < 1.29 is 22.7 Å². The van der Waals surface area contributed by atoms with Gasteiger partial charge < -0.3 is 19.7 Å². The van der Waals surface area contributed by atoms with Crippen LogP contribution in [-0.4, -0.2) is 64.6 Å². The minimum absolute atomic E-state index is 0. The van der Waals surface area contributed by atoms with Crippen molar-refractivity contribution in [2.75, 3.05) is 56.2 Å². The standard InChI is InChI=1S/C23H26N4O5S.ClH/c24-16-18-3-5-19(6-4-18)32-17-23(28)25-21-15-20(7-8-22(21)26-9-1-2-10-26)33(29,30)27-11-13-31-14-12-27;/h3-8,15H,1-2,9-14,17H2,(H,25,28);1H. The van der Waals surface area contributed by atoms with Gasteiger partial charge in [-0.05, 0) is 55.3 Å². The van der Waals surface area contributed by atoms with Gasteiger partial charge in [-0.2, -0.15) is 9.57 Å². The van der Waals surface area contributed by atoms with Gasteiger partial charge in [0.25, 0.3) is 5.91 Å². The van der Waals surface area contributed by atoms with E-state index in [9.17, 15) is 13.2 Å². The fourth-order valence-corrected chi connectivity index (χ4v) is 5.34. The van der Waals surface area contributed by atoms with Crippen molar-refractivity contribution in [1.29, 1.82) is 5.26 Å². The molecule has 1 amide bonds. The number of nitrogens with one attached hydrogen (secondary N) is 1. The summed E-state index contributed by atoms with van der Waals surface area (Å²) in [7, 11) is -3.70. The van der Waals surface area contributed by atoms with E-state index in [1.807, 2.05) is 6.07 Å². The minimum atomic E-state index is -3.70. The average molecular weight is 507 g/mol. The molecule has 0 radical (unpaired) electrons. The van der Waals surface area contributed by atoms with Crippen LogP contribution in [0.25, 0.3) is 0 Å². The second-order valence-electron chi connectivity index (χ2n) is 7.86. The number of benzene rings is 2. The Kier molecular flexibility index (Phi) is 8.74. The highest BCUT2D eigenvalue weighted by atomic mass is 35.5. The predicted octanol–water partition coefficient (Wildman–Crippen LogP) is 2.62. The summed E-state index contributed by atoms with van der Waals surface area (Å²) < 4.78 is 38.4. The number of hydrogen-bond acceptors (Lipinski definition) is 7. The van der Waals surface area contributed by atoms with Gasteiger partial charge in [0.2, 0.25) is 10.0 Å². The van der Waals surface area contributed by atoms with E-state index in [1.54, 1.807) is 36.4 Å². The number of carbonyl (C=O) groups is 1. The van der Waals surface area contributed by atoms with Crippen LogP contribution in [0.15, 0.2) is 47.4 Å². The predicted molar refractivity (Wildman–Crippen MR) is 130 cm³/mol. The number of nitrogens with zero attached hydrogens (tertiary/aromatic N) is 3.